The molecule has 18 heavy (non-hydrogen) atoms. The van der Waals surface area contributed by atoms with Crippen LogP contribution >= 0.6 is 15.9 Å². The predicted molar refractivity (Wildman–Crippen MR) is 82.4 cm³/mol. The SMILES string of the molecule is Cc1cccc(C)c1CN1CCCCC1CCBr. The van der Waals surface area contributed by atoms with E-state index in [0.29, 0.717) is 0 Å². The summed E-state index contributed by atoms with van der Waals surface area (Å²) in [4.78, 5) is 2.69. The minimum atomic E-state index is 0.775. The van der Waals surface area contributed by atoms with Crippen LogP contribution in [-0.4, -0.2) is 22.8 Å². The highest BCUT2D eigenvalue weighted by Crippen LogP contribution is 2.24. The van der Waals surface area contributed by atoms with Crippen LogP contribution in [0.15, 0.2) is 18.2 Å². The number of benzene rings is 1. The van der Waals surface area contributed by atoms with Crippen LogP contribution in [0.1, 0.15) is 42.4 Å². The molecule has 0 radical (unpaired) electrons. The maximum Gasteiger partial charge on any atom is 0.0241 e. The largest absolute Gasteiger partial charge is 0.296 e. The first-order valence-corrected chi connectivity index (χ1v) is 8.19. The number of rotatable bonds is 4. The van der Waals surface area contributed by atoms with Gasteiger partial charge in [-0.05, 0) is 56.3 Å². The first-order valence-electron chi connectivity index (χ1n) is 7.07. The number of halogens is 1. The molecule has 0 saturated carbocycles. The van der Waals surface area contributed by atoms with E-state index in [4.69, 9.17) is 0 Å². The predicted octanol–water partition coefficient (Wildman–Crippen LogP) is 4.44. The first-order chi connectivity index (χ1) is 8.72. The molecule has 1 heterocycles. The Kier molecular flexibility index (Phi) is 5.25. The topological polar surface area (TPSA) is 3.24 Å². The van der Waals surface area contributed by atoms with E-state index < -0.39 is 0 Å². The minimum Gasteiger partial charge on any atom is -0.296 e. The molecule has 1 aromatic rings. The first kappa shape index (κ1) is 14.1. The van der Waals surface area contributed by atoms with Crippen LogP contribution in [0, 0.1) is 13.8 Å². The molecule has 1 nitrogen and oxygen atoms in total. The molecule has 1 atom stereocenters. The van der Waals surface area contributed by atoms with E-state index in [-0.39, 0.29) is 0 Å². The summed E-state index contributed by atoms with van der Waals surface area (Å²) >= 11 is 3.60. The molecule has 1 unspecified atom stereocenters. The zero-order chi connectivity index (χ0) is 13.0. The monoisotopic (exact) mass is 309 g/mol. The van der Waals surface area contributed by atoms with Crippen molar-refractivity contribution >= 4 is 15.9 Å². The van der Waals surface area contributed by atoms with Crippen LogP contribution in [0.4, 0.5) is 0 Å². The van der Waals surface area contributed by atoms with Crippen molar-refractivity contribution in [2.45, 2.75) is 52.1 Å². The van der Waals surface area contributed by atoms with E-state index in [2.05, 4.69) is 52.9 Å². The third-order valence-electron chi connectivity index (χ3n) is 4.20. The van der Waals surface area contributed by atoms with Gasteiger partial charge in [0, 0.05) is 17.9 Å². The molecule has 2 rings (SSSR count). The molecular weight excluding hydrogens is 286 g/mol. The van der Waals surface area contributed by atoms with Gasteiger partial charge in [-0.2, -0.15) is 0 Å². The van der Waals surface area contributed by atoms with Crippen LogP contribution in [0.2, 0.25) is 0 Å². The lowest BCUT2D eigenvalue weighted by Crippen LogP contribution is -2.39. The summed E-state index contributed by atoms with van der Waals surface area (Å²) in [5, 5.41) is 1.13. The standard InChI is InChI=1S/C16H24BrN/c1-13-6-5-7-14(2)16(13)12-18-11-4-3-8-15(18)9-10-17/h5-7,15H,3-4,8-12H2,1-2H3. The smallest absolute Gasteiger partial charge is 0.0241 e. The van der Waals surface area contributed by atoms with E-state index in [1.54, 1.807) is 5.56 Å². The second-order valence-corrected chi connectivity index (χ2v) is 6.26. The molecule has 2 heteroatoms. The van der Waals surface area contributed by atoms with Crippen LogP contribution in [0.3, 0.4) is 0 Å². The second kappa shape index (κ2) is 6.72. The van der Waals surface area contributed by atoms with E-state index in [1.165, 1.54) is 43.4 Å². The Labute approximate surface area is 120 Å². The minimum absolute atomic E-state index is 0.775. The van der Waals surface area contributed by atoms with Crippen molar-refractivity contribution in [1.29, 1.82) is 0 Å². The third-order valence-corrected chi connectivity index (χ3v) is 4.65. The lowest BCUT2D eigenvalue weighted by molar-refractivity contribution is 0.137. The van der Waals surface area contributed by atoms with Crippen LogP contribution in [0.5, 0.6) is 0 Å². The van der Waals surface area contributed by atoms with Gasteiger partial charge < -0.3 is 0 Å². The molecule has 1 aliphatic heterocycles. The van der Waals surface area contributed by atoms with Gasteiger partial charge in [0.1, 0.15) is 0 Å². The van der Waals surface area contributed by atoms with Crippen molar-refractivity contribution in [1.82, 2.24) is 4.90 Å². The zero-order valence-corrected chi connectivity index (χ0v) is 13.2. The quantitative estimate of drug-likeness (QED) is 0.743. The van der Waals surface area contributed by atoms with Gasteiger partial charge in [-0.15, -0.1) is 0 Å². The molecule has 1 aliphatic rings. The van der Waals surface area contributed by atoms with E-state index >= 15 is 0 Å². The van der Waals surface area contributed by atoms with Gasteiger partial charge >= 0.3 is 0 Å². The molecule has 0 spiro atoms. The number of likely N-dealkylation sites (tertiary alicyclic amines) is 1. The Morgan fingerprint density at radius 2 is 1.94 bits per heavy atom. The van der Waals surface area contributed by atoms with Gasteiger partial charge in [-0.3, -0.25) is 4.90 Å². The van der Waals surface area contributed by atoms with Crippen LogP contribution < -0.4 is 0 Å². The van der Waals surface area contributed by atoms with Crippen molar-refractivity contribution in [3.63, 3.8) is 0 Å². The van der Waals surface area contributed by atoms with Crippen molar-refractivity contribution < 1.29 is 0 Å². The molecule has 1 aromatic carbocycles. The average molecular weight is 310 g/mol. The fraction of sp³-hybridized carbons (Fsp3) is 0.625. The maximum absolute atomic E-state index is 3.60. The number of alkyl halides is 1. The lowest BCUT2D eigenvalue weighted by atomic mass is 9.96. The summed E-state index contributed by atoms with van der Waals surface area (Å²) in [6, 6.07) is 7.43. The number of piperidine rings is 1. The highest BCUT2D eigenvalue weighted by Gasteiger charge is 2.22. The Hall–Kier alpha value is -0.340. The fourth-order valence-electron chi connectivity index (χ4n) is 3.02. The van der Waals surface area contributed by atoms with Gasteiger partial charge in [0.2, 0.25) is 0 Å². The molecule has 1 fully saturated rings. The van der Waals surface area contributed by atoms with Gasteiger partial charge in [0.05, 0.1) is 0 Å². The van der Waals surface area contributed by atoms with Crippen molar-refractivity contribution in [2.75, 3.05) is 11.9 Å². The van der Waals surface area contributed by atoms with Crippen molar-refractivity contribution in [3.05, 3.63) is 34.9 Å². The summed E-state index contributed by atoms with van der Waals surface area (Å²) in [7, 11) is 0. The number of aryl methyl sites for hydroxylation is 2. The molecule has 100 valence electrons. The summed E-state index contributed by atoms with van der Waals surface area (Å²) in [6.07, 6.45) is 5.42. The average Bonchev–Trinajstić information content (AvgIpc) is 2.36. The summed E-state index contributed by atoms with van der Waals surface area (Å²) in [5.74, 6) is 0. The Morgan fingerprint density at radius 1 is 1.22 bits per heavy atom. The molecule has 0 aliphatic carbocycles. The Morgan fingerprint density at radius 3 is 2.61 bits per heavy atom. The number of hydrogen-bond acceptors (Lipinski definition) is 1. The van der Waals surface area contributed by atoms with Crippen molar-refractivity contribution in [2.24, 2.45) is 0 Å². The summed E-state index contributed by atoms with van der Waals surface area (Å²) in [6.45, 7) is 6.89. The summed E-state index contributed by atoms with van der Waals surface area (Å²) < 4.78 is 0. The lowest BCUT2D eigenvalue weighted by Gasteiger charge is -2.36. The molecule has 0 aromatic heterocycles. The van der Waals surface area contributed by atoms with Crippen molar-refractivity contribution in [3.8, 4) is 0 Å². The number of nitrogens with zero attached hydrogens (tertiary/aromatic N) is 1. The van der Waals surface area contributed by atoms with Crippen LogP contribution in [0.25, 0.3) is 0 Å². The summed E-state index contributed by atoms with van der Waals surface area (Å²) in [5.41, 5.74) is 4.43. The molecule has 1 saturated heterocycles. The normalized spacial score (nSPS) is 21.2. The van der Waals surface area contributed by atoms with E-state index in [9.17, 15) is 0 Å². The highest BCUT2D eigenvalue weighted by atomic mass is 79.9. The highest BCUT2D eigenvalue weighted by molar-refractivity contribution is 9.09. The van der Waals surface area contributed by atoms with Gasteiger partial charge in [0.15, 0.2) is 0 Å². The van der Waals surface area contributed by atoms with Gasteiger partial charge in [-0.1, -0.05) is 40.5 Å². The second-order valence-electron chi connectivity index (χ2n) is 5.47. The van der Waals surface area contributed by atoms with Gasteiger partial charge in [0.25, 0.3) is 0 Å². The molecule has 0 bridgehead atoms. The van der Waals surface area contributed by atoms with Gasteiger partial charge in [-0.25, -0.2) is 0 Å². The molecular formula is C16H24BrN. The van der Waals surface area contributed by atoms with E-state index in [1.807, 2.05) is 0 Å². The Balaban J connectivity index is 2.11. The van der Waals surface area contributed by atoms with Crippen LogP contribution in [-0.2, 0) is 6.54 Å². The zero-order valence-electron chi connectivity index (χ0n) is 11.6. The maximum atomic E-state index is 3.60. The molecule has 0 N–H and O–H groups in total. The van der Waals surface area contributed by atoms with E-state index in [0.717, 1.165) is 17.9 Å². The Bertz CT molecular complexity index is 366. The molecule has 0 amide bonds. The fourth-order valence-corrected chi connectivity index (χ4v) is 3.55. The number of hydrogen-bond donors (Lipinski definition) is 0. The third kappa shape index (κ3) is 3.36.